The van der Waals surface area contributed by atoms with Crippen LogP contribution in [-0.2, 0) is 10.8 Å². The van der Waals surface area contributed by atoms with Crippen molar-refractivity contribution in [3.63, 3.8) is 0 Å². The first-order valence-electron chi connectivity index (χ1n) is 7.92. The van der Waals surface area contributed by atoms with Crippen molar-refractivity contribution in [1.82, 2.24) is 5.32 Å². The van der Waals surface area contributed by atoms with Crippen LogP contribution in [-0.4, -0.2) is 27.3 Å². The summed E-state index contributed by atoms with van der Waals surface area (Å²) in [7, 11) is -0.584. The van der Waals surface area contributed by atoms with Crippen LogP contribution in [0.5, 0.6) is 0 Å². The van der Waals surface area contributed by atoms with Gasteiger partial charge in [0.15, 0.2) is 0 Å². The molecule has 0 aliphatic heterocycles. The minimum absolute atomic E-state index is 0.465. The summed E-state index contributed by atoms with van der Waals surface area (Å²) < 4.78 is 11.9. The zero-order valence-corrected chi connectivity index (χ0v) is 12.6. The minimum Gasteiger partial charge on any atom is -0.311 e. The number of rotatable bonds is 4. The molecule has 0 radical (unpaired) electrons. The Labute approximate surface area is 115 Å². The summed E-state index contributed by atoms with van der Waals surface area (Å²) in [6.45, 7) is 2.05. The number of hydrogen-bond donors (Lipinski definition) is 1. The highest BCUT2D eigenvalue weighted by molar-refractivity contribution is 7.85. The summed E-state index contributed by atoms with van der Waals surface area (Å²) in [4.78, 5) is 0. The Bertz CT molecular complexity index is 261. The van der Waals surface area contributed by atoms with Crippen molar-refractivity contribution in [3.8, 4) is 0 Å². The molecule has 2 aliphatic carbocycles. The fraction of sp³-hybridized carbons (Fsp3) is 1.00. The monoisotopic (exact) mass is 271 g/mol. The molecule has 106 valence electrons. The fourth-order valence-corrected chi connectivity index (χ4v) is 4.90. The van der Waals surface area contributed by atoms with E-state index in [2.05, 4.69) is 12.2 Å². The molecule has 0 spiro atoms. The van der Waals surface area contributed by atoms with Crippen LogP contribution in [0.4, 0.5) is 0 Å². The van der Waals surface area contributed by atoms with Crippen LogP contribution in [0.2, 0.25) is 0 Å². The highest BCUT2D eigenvalue weighted by Gasteiger charge is 2.27. The second-order valence-electron chi connectivity index (χ2n) is 6.01. The standard InChI is InChI=1S/C15H29NOS/c1-2-18(17)15-11-7-10-14(12-15)16-13-8-5-3-4-6-9-13/h13-16H,2-12H2,1H3/t14-,15+,18+/m1/s1. The SMILES string of the molecule is CC[S@](=O)[C@H]1CCC[C@@H](NC2CCCCCC2)C1. The van der Waals surface area contributed by atoms with E-state index in [0.29, 0.717) is 11.3 Å². The van der Waals surface area contributed by atoms with Gasteiger partial charge in [-0.05, 0) is 32.1 Å². The molecule has 0 amide bonds. The van der Waals surface area contributed by atoms with Crippen molar-refractivity contribution in [2.75, 3.05) is 5.75 Å². The minimum atomic E-state index is -0.584. The smallest absolute Gasteiger partial charge is 0.0362 e. The molecule has 2 saturated carbocycles. The molecule has 1 N–H and O–H groups in total. The molecule has 3 atom stereocenters. The van der Waals surface area contributed by atoms with Gasteiger partial charge < -0.3 is 5.32 Å². The molecular formula is C15H29NOS. The van der Waals surface area contributed by atoms with Crippen LogP contribution >= 0.6 is 0 Å². The summed E-state index contributed by atoms with van der Waals surface area (Å²) in [5.41, 5.74) is 0. The van der Waals surface area contributed by atoms with Gasteiger partial charge in [0.2, 0.25) is 0 Å². The zero-order valence-electron chi connectivity index (χ0n) is 11.8. The first-order valence-corrected chi connectivity index (χ1v) is 9.31. The molecule has 2 rings (SSSR count). The Morgan fingerprint density at radius 1 is 0.944 bits per heavy atom. The van der Waals surface area contributed by atoms with Gasteiger partial charge in [-0.1, -0.05) is 39.0 Å². The largest absolute Gasteiger partial charge is 0.311 e. The molecule has 0 bridgehead atoms. The van der Waals surface area contributed by atoms with E-state index in [1.165, 1.54) is 57.8 Å². The lowest BCUT2D eigenvalue weighted by Crippen LogP contribution is -2.43. The predicted octanol–water partition coefficient (Wildman–Crippen LogP) is 3.38. The Hall–Kier alpha value is 0.110. The van der Waals surface area contributed by atoms with Gasteiger partial charge >= 0.3 is 0 Å². The van der Waals surface area contributed by atoms with E-state index in [0.717, 1.165) is 18.2 Å². The third-order valence-corrected chi connectivity index (χ3v) is 6.35. The van der Waals surface area contributed by atoms with E-state index in [-0.39, 0.29) is 0 Å². The highest BCUT2D eigenvalue weighted by atomic mass is 32.2. The number of nitrogens with one attached hydrogen (secondary N) is 1. The number of hydrogen-bond acceptors (Lipinski definition) is 2. The quantitative estimate of drug-likeness (QED) is 0.794. The first kappa shape index (κ1) is 14.5. The van der Waals surface area contributed by atoms with Gasteiger partial charge in [0.1, 0.15) is 0 Å². The van der Waals surface area contributed by atoms with Gasteiger partial charge in [-0.25, -0.2) is 0 Å². The molecular weight excluding hydrogens is 242 g/mol. The Morgan fingerprint density at radius 2 is 1.61 bits per heavy atom. The normalized spacial score (nSPS) is 32.9. The van der Waals surface area contributed by atoms with E-state index in [1.807, 2.05) is 0 Å². The molecule has 2 aliphatic rings. The topological polar surface area (TPSA) is 29.1 Å². The van der Waals surface area contributed by atoms with Crippen molar-refractivity contribution < 1.29 is 4.21 Å². The fourth-order valence-electron chi connectivity index (χ4n) is 3.55. The van der Waals surface area contributed by atoms with Gasteiger partial charge in [0.25, 0.3) is 0 Å². The highest BCUT2D eigenvalue weighted by Crippen LogP contribution is 2.25. The van der Waals surface area contributed by atoms with Gasteiger partial charge in [-0.2, -0.15) is 0 Å². The molecule has 0 aromatic heterocycles. The second-order valence-corrected chi connectivity index (χ2v) is 8.02. The van der Waals surface area contributed by atoms with Gasteiger partial charge in [0, 0.05) is 33.9 Å². The van der Waals surface area contributed by atoms with E-state index >= 15 is 0 Å². The third-order valence-electron chi connectivity index (χ3n) is 4.61. The van der Waals surface area contributed by atoms with Gasteiger partial charge in [-0.3, -0.25) is 4.21 Å². The zero-order chi connectivity index (χ0) is 12.8. The van der Waals surface area contributed by atoms with E-state index in [4.69, 9.17) is 0 Å². The van der Waals surface area contributed by atoms with Gasteiger partial charge in [-0.15, -0.1) is 0 Å². The third kappa shape index (κ3) is 4.34. The van der Waals surface area contributed by atoms with E-state index in [1.54, 1.807) is 0 Å². The van der Waals surface area contributed by atoms with Crippen LogP contribution in [0.25, 0.3) is 0 Å². The molecule has 3 heteroatoms. The first-order chi connectivity index (χ1) is 8.79. The average molecular weight is 271 g/mol. The molecule has 0 aromatic rings. The van der Waals surface area contributed by atoms with Crippen molar-refractivity contribution in [3.05, 3.63) is 0 Å². The van der Waals surface area contributed by atoms with Crippen molar-refractivity contribution in [1.29, 1.82) is 0 Å². The van der Waals surface area contributed by atoms with Crippen molar-refractivity contribution in [2.24, 2.45) is 0 Å². The summed E-state index contributed by atoms with van der Waals surface area (Å²) in [6, 6.07) is 1.38. The van der Waals surface area contributed by atoms with Crippen LogP contribution in [0.3, 0.4) is 0 Å². The molecule has 18 heavy (non-hydrogen) atoms. The lowest BCUT2D eigenvalue weighted by molar-refractivity contribution is 0.323. The van der Waals surface area contributed by atoms with E-state index < -0.39 is 10.8 Å². The van der Waals surface area contributed by atoms with E-state index in [9.17, 15) is 4.21 Å². The Kier molecular flexibility index (Phi) is 6.16. The van der Waals surface area contributed by atoms with Crippen LogP contribution in [0.1, 0.15) is 71.1 Å². The van der Waals surface area contributed by atoms with Crippen LogP contribution in [0.15, 0.2) is 0 Å². The van der Waals surface area contributed by atoms with Crippen LogP contribution < -0.4 is 5.32 Å². The lowest BCUT2D eigenvalue weighted by atomic mass is 9.93. The Balaban J connectivity index is 1.79. The maximum atomic E-state index is 11.9. The summed E-state index contributed by atoms with van der Waals surface area (Å²) in [5.74, 6) is 0.834. The van der Waals surface area contributed by atoms with Gasteiger partial charge in [0.05, 0.1) is 0 Å². The van der Waals surface area contributed by atoms with Crippen molar-refractivity contribution in [2.45, 2.75) is 88.5 Å². The summed E-state index contributed by atoms with van der Waals surface area (Å²) in [6.07, 6.45) is 13.3. The lowest BCUT2D eigenvalue weighted by Gasteiger charge is -2.32. The molecule has 0 saturated heterocycles. The maximum Gasteiger partial charge on any atom is 0.0362 e. The molecule has 2 nitrogen and oxygen atoms in total. The second kappa shape index (κ2) is 7.64. The maximum absolute atomic E-state index is 11.9. The predicted molar refractivity (Wildman–Crippen MR) is 79.4 cm³/mol. The summed E-state index contributed by atoms with van der Waals surface area (Å²) >= 11 is 0. The van der Waals surface area contributed by atoms with Crippen LogP contribution in [0, 0.1) is 0 Å². The summed E-state index contributed by atoms with van der Waals surface area (Å²) in [5, 5.41) is 4.34. The van der Waals surface area contributed by atoms with Crippen molar-refractivity contribution >= 4 is 10.8 Å². The Morgan fingerprint density at radius 3 is 2.28 bits per heavy atom. The molecule has 2 fully saturated rings. The molecule has 0 aromatic carbocycles. The molecule has 0 heterocycles. The molecule has 0 unspecified atom stereocenters. The average Bonchev–Trinajstić information content (AvgIpc) is 2.67.